The molecule has 10 aromatic carbocycles. The summed E-state index contributed by atoms with van der Waals surface area (Å²) in [6, 6.07) is 81.6. The largest absolute Gasteiger partial charge is 0.310 e. The summed E-state index contributed by atoms with van der Waals surface area (Å²) in [5.41, 5.74) is 11.9. The fraction of sp³-hybridized carbons (Fsp3) is 0. The van der Waals surface area contributed by atoms with Gasteiger partial charge < -0.3 is 9.80 Å². The number of aromatic nitrogens is 2. The first-order chi connectivity index (χ1) is 29.7. The second-order valence-electron chi connectivity index (χ2n) is 15.1. The zero-order valence-electron chi connectivity index (χ0n) is 32.7. The molecule has 0 aliphatic heterocycles. The predicted octanol–water partition coefficient (Wildman–Crippen LogP) is 15.4. The van der Waals surface area contributed by atoms with Crippen LogP contribution in [0.2, 0.25) is 0 Å². The highest BCUT2D eigenvalue weighted by Crippen LogP contribution is 2.41. The van der Waals surface area contributed by atoms with Crippen molar-refractivity contribution in [2.24, 2.45) is 0 Å². The van der Waals surface area contributed by atoms with E-state index in [9.17, 15) is 0 Å². The molecule has 282 valence electrons. The molecule has 0 aliphatic rings. The number of hydrogen-bond donors (Lipinski definition) is 0. The number of hydrogen-bond acceptors (Lipinski definition) is 4. The Morgan fingerprint density at radius 2 is 0.533 bits per heavy atom. The molecule has 0 aliphatic carbocycles. The van der Waals surface area contributed by atoms with Crippen LogP contribution < -0.4 is 9.80 Å². The first-order valence-corrected chi connectivity index (χ1v) is 20.3. The van der Waals surface area contributed by atoms with E-state index in [4.69, 9.17) is 9.97 Å². The Hall–Kier alpha value is -8.08. The molecule has 4 nitrogen and oxygen atoms in total. The highest BCUT2D eigenvalue weighted by Gasteiger charge is 2.19. The second kappa shape index (κ2) is 15.0. The van der Waals surface area contributed by atoms with Gasteiger partial charge in [0, 0.05) is 45.3 Å². The Morgan fingerprint density at radius 3 is 0.917 bits per heavy atom. The predicted molar refractivity (Wildman–Crippen MR) is 252 cm³/mol. The SMILES string of the molecule is c1ccc(N(c2ccc(-c3nc4cc5ccccc5cc4nc3-c3ccc(N(c4ccccc4)c4ccc5ccccc5c4)cc3)cc2)c2ccc3ccccc3c2)cc1. The number of anilines is 6. The molecule has 0 spiro atoms. The van der Waals surface area contributed by atoms with Gasteiger partial charge in [-0.3, -0.25) is 0 Å². The minimum atomic E-state index is 0.837. The summed E-state index contributed by atoms with van der Waals surface area (Å²) in [7, 11) is 0. The van der Waals surface area contributed by atoms with Crippen molar-refractivity contribution >= 4 is 77.5 Å². The molecule has 0 atom stereocenters. The molecule has 0 radical (unpaired) electrons. The smallest absolute Gasteiger partial charge is 0.0973 e. The van der Waals surface area contributed by atoms with Gasteiger partial charge in [-0.05, 0) is 117 Å². The number of rotatable bonds is 8. The van der Waals surface area contributed by atoms with Crippen molar-refractivity contribution < 1.29 is 0 Å². The molecule has 0 N–H and O–H groups in total. The maximum absolute atomic E-state index is 5.39. The van der Waals surface area contributed by atoms with E-state index in [1.165, 1.54) is 21.5 Å². The minimum absolute atomic E-state index is 0.837. The van der Waals surface area contributed by atoms with Gasteiger partial charge in [-0.1, -0.05) is 146 Å². The van der Waals surface area contributed by atoms with Gasteiger partial charge in [-0.25, -0.2) is 9.97 Å². The maximum atomic E-state index is 5.39. The molecule has 1 heterocycles. The van der Waals surface area contributed by atoms with E-state index in [1.54, 1.807) is 0 Å². The number of benzene rings is 10. The average Bonchev–Trinajstić information content (AvgIpc) is 3.32. The molecule has 4 heteroatoms. The molecular weight excluding hydrogens is 729 g/mol. The standard InChI is InChI=1S/C56H38N4/c1-3-19-47(20-4-1)59(51-33-23-39-13-7-9-15-43(39)35-51)49-29-25-41(26-30-49)55-56(58-54-38-46-18-12-11-17-45(46)37-53(54)57-55)42-27-31-50(32-28-42)60(48-21-5-2-6-22-48)52-34-24-40-14-8-10-16-44(40)36-52/h1-38H. The monoisotopic (exact) mass is 766 g/mol. The minimum Gasteiger partial charge on any atom is -0.310 e. The van der Waals surface area contributed by atoms with E-state index in [-0.39, 0.29) is 0 Å². The molecule has 0 bridgehead atoms. The van der Waals surface area contributed by atoms with Crippen LogP contribution in [-0.2, 0) is 0 Å². The third-order valence-corrected chi connectivity index (χ3v) is 11.3. The molecule has 0 saturated carbocycles. The molecule has 60 heavy (non-hydrogen) atoms. The lowest BCUT2D eigenvalue weighted by Gasteiger charge is -2.26. The zero-order valence-corrected chi connectivity index (χ0v) is 32.7. The van der Waals surface area contributed by atoms with Gasteiger partial charge in [0.05, 0.1) is 22.4 Å². The molecule has 0 fully saturated rings. The van der Waals surface area contributed by atoms with Crippen molar-refractivity contribution in [3.63, 3.8) is 0 Å². The molecule has 0 saturated heterocycles. The maximum Gasteiger partial charge on any atom is 0.0973 e. The van der Waals surface area contributed by atoms with E-state index >= 15 is 0 Å². The summed E-state index contributed by atoms with van der Waals surface area (Å²) in [5, 5.41) is 7.11. The van der Waals surface area contributed by atoms with E-state index in [0.717, 1.165) is 78.4 Å². The van der Waals surface area contributed by atoms with Gasteiger partial charge in [-0.2, -0.15) is 0 Å². The molecule has 11 rings (SSSR count). The van der Waals surface area contributed by atoms with Crippen LogP contribution in [0.25, 0.3) is 65.9 Å². The molecule has 11 aromatic rings. The third-order valence-electron chi connectivity index (χ3n) is 11.3. The molecule has 1 aromatic heterocycles. The summed E-state index contributed by atoms with van der Waals surface area (Å²) < 4.78 is 0. The van der Waals surface area contributed by atoms with E-state index in [1.807, 2.05) is 0 Å². The lowest BCUT2D eigenvalue weighted by Crippen LogP contribution is -2.10. The quantitative estimate of drug-likeness (QED) is 0.144. The average molecular weight is 767 g/mol. The topological polar surface area (TPSA) is 32.3 Å². The van der Waals surface area contributed by atoms with Crippen molar-refractivity contribution in [1.82, 2.24) is 9.97 Å². The fourth-order valence-corrected chi connectivity index (χ4v) is 8.36. The molecule has 0 amide bonds. The Bertz CT molecular complexity index is 3080. The Balaban J connectivity index is 1.03. The van der Waals surface area contributed by atoms with Crippen LogP contribution in [0.5, 0.6) is 0 Å². The van der Waals surface area contributed by atoms with E-state index < -0.39 is 0 Å². The van der Waals surface area contributed by atoms with Gasteiger partial charge in [0.25, 0.3) is 0 Å². The third kappa shape index (κ3) is 6.56. The van der Waals surface area contributed by atoms with Gasteiger partial charge in [-0.15, -0.1) is 0 Å². The number of nitrogens with zero attached hydrogens (tertiary/aromatic N) is 4. The summed E-state index contributed by atoms with van der Waals surface area (Å²) in [6.45, 7) is 0. The Morgan fingerprint density at radius 1 is 0.233 bits per heavy atom. The summed E-state index contributed by atoms with van der Waals surface area (Å²) in [5.74, 6) is 0. The fourth-order valence-electron chi connectivity index (χ4n) is 8.36. The highest BCUT2D eigenvalue weighted by molar-refractivity contribution is 5.98. The van der Waals surface area contributed by atoms with Crippen LogP contribution in [0, 0.1) is 0 Å². The molecule has 0 unspecified atom stereocenters. The van der Waals surface area contributed by atoms with Crippen LogP contribution in [0.1, 0.15) is 0 Å². The zero-order chi connectivity index (χ0) is 39.8. The van der Waals surface area contributed by atoms with E-state index in [0.29, 0.717) is 0 Å². The first-order valence-electron chi connectivity index (χ1n) is 20.3. The Kier molecular flexibility index (Phi) is 8.79. The van der Waals surface area contributed by atoms with Crippen LogP contribution >= 0.6 is 0 Å². The van der Waals surface area contributed by atoms with Gasteiger partial charge in [0.15, 0.2) is 0 Å². The van der Waals surface area contributed by atoms with E-state index in [2.05, 4.69) is 240 Å². The highest BCUT2D eigenvalue weighted by atomic mass is 15.1. The van der Waals surface area contributed by atoms with Crippen LogP contribution in [0.15, 0.2) is 231 Å². The van der Waals surface area contributed by atoms with Crippen molar-refractivity contribution in [1.29, 1.82) is 0 Å². The second-order valence-corrected chi connectivity index (χ2v) is 15.1. The molecular formula is C56H38N4. The van der Waals surface area contributed by atoms with Gasteiger partial charge in [0.1, 0.15) is 0 Å². The number of para-hydroxylation sites is 2. The summed E-state index contributed by atoms with van der Waals surface area (Å²) in [6.07, 6.45) is 0. The van der Waals surface area contributed by atoms with Crippen LogP contribution in [0.4, 0.5) is 34.1 Å². The lowest BCUT2D eigenvalue weighted by molar-refractivity contribution is 1.27. The first kappa shape index (κ1) is 35.1. The van der Waals surface area contributed by atoms with Gasteiger partial charge in [0.2, 0.25) is 0 Å². The lowest BCUT2D eigenvalue weighted by atomic mass is 10.0. The normalized spacial score (nSPS) is 11.3. The van der Waals surface area contributed by atoms with Crippen molar-refractivity contribution in [2.45, 2.75) is 0 Å². The number of fused-ring (bicyclic) bond motifs is 4. The summed E-state index contributed by atoms with van der Waals surface area (Å²) in [4.78, 5) is 15.4. The van der Waals surface area contributed by atoms with Crippen LogP contribution in [-0.4, -0.2) is 9.97 Å². The van der Waals surface area contributed by atoms with Gasteiger partial charge >= 0.3 is 0 Å². The van der Waals surface area contributed by atoms with Crippen LogP contribution in [0.3, 0.4) is 0 Å². The van der Waals surface area contributed by atoms with Crippen molar-refractivity contribution in [3.8, 4) is 22.5 Å². The van der Waals surface area contributed by atoms with Crippen molar-refractivity contribution in [2.75, 3.05) is 9.80 Å². The Labute approximate surface area is 348 Å². The van der Waals surface area contributed by atoms with Crippen molar-refractivity contribution in [3.05, 3.63) is 231 Å². The summed E-state index contributed by atoms with van der Waals surface area (Å²) >= 11 is 0.